The molecule has 7 nitrogen and oxygen atoms in total. The average Bonchev–Trinajstić information content (AvgIpc) is 3.19. The third kappa shape index (κ3) is 4.64. The predicted molar refractivity (Wildman–Crippen MR) is 120 cm³/mol. The summed E-state index contributed by atoms with van der Waals surface area (Å²) in [6.45, 7) is 4.88. The van der Waals surface area contributed by atoms with Crippen molar-refractivity contribution in [2.75, 3.05) is 11.1 Å². The number of rotatable bonds is 5. The fourth-order valence-corrected chi connectivity index (χ4v) is 5.59. The minimum Gasteiger partial charge on any atom is -0.331 e. The number of sulfone groups is 1. The van der Waals surface area contributed by atoms with E-state index in [9.17, 15) is 13.2 Å². The number of nitrogens with zero attached hydrogens (tertiary/aromatic N) is 2. The van der Waals surface area contributed by atoms with E-state index in [1.165, 1.54) is 0 Å². The second-order valence-electron chi connectivity index (χ2n) is 8.06. The SMILES string of the molecule is CC(C)c1nccn1Cc1cccc(NC(=O)NC2CCS(=O)(=O)c3ccccc32)c1. The van der Waals surface area contributed by atoms with Crippen LogP contribution in [0.25, 0.3) is 0 Å². The highest BCUT2D eigenvalue weighted by atomic mass is 32.2. The molecule has 2 N–H and O–H groups in total. The number of nitrogens with one attached hydrogen (secondary N) is 2. The number of carbonyl (C=O) groups is 1. The summed E-state index contributed by atoms with van der Waals surface area (Å²) in [5.74, 6) is 1.36. The third-order valence-electron chi connectivity index (χ3n) is 5.41. The average molecular weight is 439 g/mol. The first kappa shape index (κ1) is 21.1. The molecule has 1 unspecified atom stereocenters. The molecule has 0 fully saturated rings. The Balaban J connectivity index is 1.45. The molecule has 1 aliphatic heterocycles. The molecule has 2 aromatic carbocycles. The lowest BCUT2D eigenvalue weighted by atomic mass is 10.0. The van der Waals surface area contributed by atoms with Gasteiger partial charge in [0.2, 0.25) is 0 Å². The Kier molecular flexibility index (Phi) is 5.82. The minimum atomic E-state index is -3.29. The van der Waals surface area contributed by atoms with Crippen LogP contribution in [-0.4, -0.2) is 29.8 Å². The lowest BCUT2D eigenvalue weighted by molar-refractivity contribution is 0.248. The van der Waals surface area contributed by atoms with Crippen molar-refractivity contribution in [3.63, 3.8) is 0 Å². The highest BCUT2D eigenvalue weighted by molar-refractivity contribution is 7.91. The quantitative estimate of drug-likeness (QED) is 0.627. The smallest absolute Gasteiger partial charge is 0.319 e. The molecule has 0 radical (unpaired) electrons. The molecule has 2 amide bonds. The van der Waals surface area contributed by atoms with Crippen LogP contribution >= 0.6 is 0 Å². The second-order valence-corrected chi connectivity index (χ2v) is 10.1. The summed E-state index contributed by atoms with van der Waals surface area (Å²) < 4.78 is 26.7. The lowest BCUT2D eigenvalue weighted by Gasteiger charge is -2.26. The molecule has 4 rings (SSSR count). The van der Waals surface area contributed by atoms with Crippen LogP contribution in [0.5, 0.6) is 0 Å². The van der Waals surface area contributed by atoms with Crippen molar-refractivity contribution in [3.8, 4) is 0 Å². The van der Waals surface area contributed by atoms with Crippen molar-refractivity contribution in [2.45, 2.75) is 43.7 Å². The van der Waals surface area contributed by atoms with Crippen LogP contribution in [0.15, 0.2) is 65.8 Å². The standard InChI is InChI=1S/C23H26N4O3S/c1-16(2)22-24-11-12-27(22)15-17-6-5-7-18(14-17)25-23(28)26-20-10-13-31(29,30)21-9-4-3-8-19(20)21/h3-9,11-12,14,16,20H,10,13,15H2,1-2H3,(H2,25,26,28). The lowest BCUT2D eigenvalue weighted by Crippen LogP contribution is -2.36. The number of hydrogen-bond acceptors (Lipinski definition) is 4. The number of amides is 2. The van der Waals surface area contributed by atoms with E-state index in [2.05, 4.69) is 34.0 Å². The van der Waals surface area contributed by atoms with Crippen molar-refractivity contribution in [2.24, 2.45) is 0 Å². The van der Waals surface area contributed by atoms with E-state index in [0.29, 0.717) is 35.0 Å². The van der Waals surface area contributed by atoms with Crippen molar-refractivity contribution in [3.05, 3.63) is 77.9 Å². The molecule has 8 heteroatoms. The van der Waals surface area contributed by atoms with E-state index in [1.807, 2.05) is 30.5 Å². The van der Waals surface area contributed by atoms with Crippen LogP contribution in [0.1, 0.15) is 49.2 Å². The Morgan fingerprint density at radius 1 is 1.19 bits per heavy atom. The van der Waals surface area contributed by atoms with Gasteiger partial charge in [-0.15, -0.1) is 0 Å². The van der Waals surface area contributed by atoms with E-state index in [-0.39, 0.29) is 17.8 Å². The van der Waals surface area contributed by atoms with Crippen LogP contribution in [0, 0.1) is 0 Å². The first-order valence-corrected chi connectivity index (χ1v) is 12.0. The zero-order chi connectivity index (χ0) is 22.0. The largest absolute Gasteiger partial charge is 0.331 e. The van der Waals surface area contributed by atoms with E-state index >= 15 is 0 Å². The van der Waals surface area contributed by atoms with E-state index in [1.54, 1.807) is 30.5 Å². The molecule has 0 spiro atoms. The van der Waals surface area contributed by atoms with Crippen LogP contribution in [0.2, 0.25) is 0 Å². The van der Waals surface area contributed by atoms with Gasteiger partial charge in [-0.3, -0.25) is 0 Å². The van der Waals surface area contributed by atoms with Gasteiger partial charge in [-0.25, -0.2) is 18.2 Å². The number of carbonyl (C=O) groups excluding carboxylic acids is 1. The second kappa shape index (κ2) is 8.55. The molecule has 1 aliphatic rings. The van der Waals surface area contributed by atoms with Crippen LogP contribution in [-0.2, 0) is 16.4 Å². The van der Waals surface area contributed by atoms with Crippen molar-refractivity contribution < 1.29 is 13.2 Å². The molecule has 162 valence electrons. The number of fused-ring (bicyclic) bond motifs is 1. The summed E-state index contributed by atoms with van der Waals surface area (Å²) in [6, 6.07) is 13.8. The Hall–Kier alpha value is -3.13. The highest BCUT2D eigenvalue weighted by Crippen LogP contribution is 2.31. The molecule has 2 heterocycles. The molecular weight excluding hydrogens is 412 g/mol. The number of anilines is 1. The molecular formula is C23H26N4O3S. The van der Waals surface area contributed by atoms with E-state index in [0.717, 1.165) is 11.4 Å². The summed E-state index contributed by atoms with van der Waals surface area (Å²) in [5, 5.41) is 5.79. The van der Waals surface area contributed by atoms with Crippen LogP contribution in [0.4, 0.5) is 10.5 Å². The molecule has 1 aromatic heterocycles. The van der Waals surface area contributed by atoms with Gasteiger partial charge in [-0.2, -0.15) is 0 Å². The maximum absolute atomic E-state index is 12.6. The van der Waals surface area contributed by atoms with Gasteiger partial charge in [0.05, 0.1) is 16.7 Å². The van der Waals surface area contributed by atoms with Gasteiger partial charge in [-0.05, 0) is 35.7 Å². The summed E-state index contributed by atoms with van der Waals surface area (Å²) in [7, 11) is -3.29. The topological polar surface area (TPSA) is 93.1 Å². The summed E-state index contributed by atoms with van der Waals surface area (Å²) in [4.78, 5) is 17.4. The molecule has 0 aliphatic carbocycles. The maximum atomic E-state index is 12.6. The first-order valence-electron chi connectivity index (χ1n) is 10.3. The number of imidazole rings is 1. The van der Waals surface area contributed by atoms with Gasteiger partial charge in [0.15, 0.2) is 9.84 Å². The van der Waals surface area contributed by atoms with Gasteiger partial charge in [-0.1, -0.05) is 44.2 Å². The number of aromatic nitrogens is 2. The van der Waals surface area contributed by atoms with Crippen LogP contribution < -0.4 is 10.6 Å². The number of hydrogen-bond donors (Lipinski definition) is 2. The molecule has 31 heavy (non-hydrogen) atoms. The molecule has 3 aromatic rings. The maximum Gasteiger partial charge on any atom is 0.319 e. The molecule has 1 atom stereocenters. The Morgan fingerprint density at radius 3 is 2.81 bits per heavy atom. The van der Waals surface area contributed by atoms with Crippen LogP contribution in [0.3, 0.4) is 0 Å². The van der Waals surface area contributed by atoms with Gasteiger partial charge in [0.25, 0.3) is 0 Å². The monoisotopic (exact) mass is 438 g/mol. The van der Waals surface area contributed by atoms with Gasteiger partial charge < -0.3 is 15.2 Å². The van der Waals surface area contributed by atoms with Crippen molar-refractivity contribution in [1.82, 2.24) is 14.9 Å². The molecule has 0 bridgehead atoms. The molecule has 0 saturated heterocycles. The highest BCUT2D eigenvalue weighted by Gasteiger charge is 2.30. The third-order valence-corrected chi connectivity index (χ3v) is 7.23. The molecule has 0 saturated carbocycles. The van der Waals surface area contributed by atoms with Gasteiger partial charge in [0.1, 0.15) is 5.82 Å². The van der Waals surface area contributed by atoms with Gasteiger partial charge >= 0.3 is 6.03 Å². The Bertz CT molecular complexity index is 1200. The fourth-order valence-electron chi connectivity index (χ4n) is 3.96. The summed E-state index contributed by atoms with van der Waals surface area (Å²) >= 11 is 0. The minimum absolute atomic E-state index is 0.0214. The van der Waals surface area contributed by atoms with E-state index < -0.39 is 9.84 Å². The van der Waals surface area contributed by atoms with Crippen molar-refractivity contribution in [1.29, 1.82) is 0 Å². The summed E-state index contributed by atoms with van der Waals surface area (Å²) in [5.41, 5.74) is 2.36. The number of urea groups is 1. The van der Waals surface area contributed by atoms with Crippen molar-refractivity contribution >= 4 is 21.6 Å². The fraction of sp³-hybridized carbons (Fsp3) is 0.304. The van der Waals surface area contributed by atoms with E-state index in [4.69, 9.17) is 0 Å². The zero-order valence-electron chi connectivity index (χ0n) is 17.6. The normalized spacial score (nSPS) is 17.2. The van der Waals surface area contributed by atoms with Gasteiger partial charge in [0, 0.05) is 30.5 Å². The summed E-state index contributed by atoms with van der Waals surface area (Å²) in [6.07, 6.45) is 4.11. The predicted octanol–water partition coefficient (Wildman–Crippen LogP) is 4.10. The first-order chi connectivity index (χ1) is 14.8. The zero-order valence-corrected chi connectivity index (χ0v) is 18.4. The number of benzene rings is 2. The Morgan fingerprint density at radius 2 is 2.00 bits per heavy atom. The Labute approximate surface area is 182 Å².